The third-order valence-corrected chi connectivity index (χ3v) is 3.65. The summed E-state index contributed by atoms with van der Waals surface area (Å²) in [6.45, 7) is 2.07. The highest BCUT2D eigenvalue weighted by Gasteiger charge is 2.13. The van der Waals surface area contributed by atoms with Crippen LogP contribution in [0.3, 0.4) is 0 Å². The molecule has 0 saturated carbocycles. The molecule has 0 saturated heterocycles. The van der Waals surface area contributed by atoms with Crippen molar-refractivity contribution in [3.63, 3.8) is 0 Å². The molecule has 2 aromatic rings. The van der Waals surface area contributed by atoms with E-state index in [2.05, 4.69) is 24.1 Å². The average Bonchev–Trinajstić information content (AvgIpc) is 2.41. The summed E-state index contributed by atoms with van der Waals surface area (Å²) in [5.41, 5.74) is 4.24. The van der Waals surface area contributed by atoms with Crippen LogP contribution in [0, 0.1) is 12.8 Å². The van der Waals surface area contributed by atoms with E-state index in [4.69, 9.17) is 4.98 Å². The Kier molecular flexibility index (Phi) is 3.09. The predicted octanol–water partition coefficient (Wildman–Crippen LogP) is 3.84. The molecule has 0 N–H and O–H groups in total. The molecule has 18 heavy (non-hydrogen) atoms. The van der Waals surface area contributed by atoms with E-state index < -0.39 is 0 Å². The van der Waals surface area contributed by atoms with Crippen molar-refractivity contribution in [2.45, 2.75) is 32.6 Å². The van der Waals surface area contributed by atoms with Crippen molar-refractivity contribution in [2.75, 3.05) is 0 Å². The van der Waals surface area contributed by atoms with Gasteiger partial charge in [0.25, 0.3) is 0 Å². The number of hydrogen-bond donors (Lipinski definition) is 0. The fourth-order valence-electron chi connectivity index (χ4n) is 2.62. The van der Waals surface area contributed by atoms with E-state index in [9.17, 15) is 0 Å². The second kappa shape index (κ2) is 4.89. The minimum Gasteiger partial charge on any atom is -0.250 e. The summed E-state index contributed by atoms with van der Waals surface area (Å²) in [6.07, 6.45) is 9.50. The lowest BCUT2D eigenvalue weighted by Gasteiger charge is -2.16. The number of hydrogen-bond acceptors (Lipinski definition) is 2. The highest BCUT2D eigenvalue weighted by molar-refractivity contribution is 5.74. The first-order chi connectivity index (χ1) is 8.83. The molecule has 3 rings (SSSR count). The monoisotopic (exact) mass is 238 g/mol. The van der Waals surface area contributed by atoms with Crippen LogP contribution in [-0.4, -0.2) is 9.97 Å². The highest BCUT2D eigenvalue weighted by Crippen LogP contribution is 2.22. The standard InChI is InChI=1S/C16H18N2/c1-12-16(11-13-7-3-2-4-8-13)18-15-10-6-5-9-14(15)17-12/h3,5-7,9-10,13H,2,4,8,11H2,1H3/t13-/m0/s1. The van der Waals surface area contributed by atoms with Crippen LogP contribution < -0.4 is 0 Å². The summed E-state index contributed by atoms with van der Waals surface area (Å²) >= 11 is 0. The molecule has 0 fully saturated rings. The third-order valence-electron chi connectivity index (χ3n) is 3.65. The lowest BCUT2D eigenvalue weighted by Crippen LogP contribution is -2.08. The van der Waals surface area contributed by atoms with Crippen LogP contribution in [0.2, 0.25) is 0 Å². The minimum absolute atomic E-state index is 0.646. The van der Waals surface area contributed by atoms with Gasteiger partial charge in [0.05, 0.1) is 22.4 Å². The van der Waals surface area contributed by atoms with E-state index in [0.29, 0.717) is 5.92 Å². The first kappa shape index (κ1) is 11.4. The van der Waals surface area contributed by atoms with E-state index in [1.54, 1.807) is 0 Å². The molecule has 1 aromatic carbocycles. The summed E-state index contributed by atoms with van der Waals surface area (Å²) in [5, 5.41) is 0. The molecule has 0 unspecified atom stereocenters. The van der Waals surface area contributed by atoms with E-state index >= 15 is 0 Å². The molecule has 1 aromatic heterocycles. The number of benzene rings is 1. The topological polar surface area (TPSA) is 25.8 Å². The Balaban J connectivity index is 1.93. The molecular formula is C16H18N2. The molecule has 0 radical (unpaired) electrons. The van der Waals surface area contributed by atoms with Crippen molar-refractivity contribution in [3.8, 4) is 0 Å². The maximum Gasteiger partial charge on any atom is 0.0890 e. The zero-order valence-electron chi connectivity index (χ0n) is 10.8. The van der Waals surface area contributed by atoms with Crippen molar-refractivity contribution in [2.24, 2.45) is 5.92 Å². The molecular weight excluding hydrogens is 220 g/mol. The largest absolute Gasteiger partial charge is 0.250 e. The van der Waals surface area contributed by atoms with Gasteiger partial charge in [0, 0.05) is 0 Å². The van der Waals surface area contributed by atoms with Crippen molar-refractivity contribution >= 4 is 11.0 Å². The summed E-state index contributed by atoms with van der Waals surface area (Å²) in [4.78, 5) is 9.43. The van der Waals surface area contributed by atoms with Crippen molar-refractivity contribution in [1.82, 2.24) is 9.97 Å². The van der Waals surface area contributed by atoms with Crippen LogP contribution in [0.25, 0.3) is 11.0 Å². The SMILES string of the molecule is Cc1nc2ccccc2nc1C[C@H]1C=CCCC1. The van der Waals surface area contributed by atoms with Gasteiger partial charge in [-0.2, -0.15) is 0 Å². The molecule has 2 nitrogen and oxygen atoms in total. The molecule has 2 heteroatoms. The molecule has 0 spiro atoms. The van der Waals surface area contributed by atoms with E-state index in [0.717, 1.165) is 28.8 Å². The summed E-state index contributed by atoms with van der Waals surface area (Å²) in [5.74, 6) is 0.646. The number of rotatable bonds is 2. The van der Waals surface area contributed by atoms with Crippen LogP contribution in [-0.2, 0) is 6.42 Å². The molecule has 92 valence electrons. The Morgan fingerprint density at radius 1 is 1.17 bits per heavy atom. The first-order valence-electron chi connectivity index (χ1n) is 6.72. The Morgan fingerprint density at radius 3 is 2.67 bits per heavy atom. The second-order valence-corrected chi connectivity index (χ2v) is 5.07. The number of aryl methyl sites for hydroxylation is 1. The lowest BCUT2D eigenvalue weighted by atomic mass is 9.91. The normalized spacial score (nSPS) is 19.3. The summed E-state index contributed by atoms with van der Waals surface area (Å²) < 4.78 is 0. The maximum absolute atomic E-state index is 4.77. The van der Waals surface area contributed by atoms with Crippen LogP contribution >= 0.6 is 0 Å². The predicted molar refractivity (Wildman–Crippen MR) is 74.5 cm³/mol. The molecule has 0 bridgehead atoms. The number of allylic oxidation sites excluding steroid dienone is 2. The first-order valence-corrected chi connectivity index (χ1v) is 6.72. The summed E-state index contributed by atoms with van der Waals surface area (Å²) in [7, 11) is 0. The quantitative estimate of drug-likeness (QED) is 0.743. The third kappa shape index (κ3) is 2.28. The number of fused-ring (bicyclic) bond motifs is 1. The van der Waals surface area contributed by atoms with E-state index in [1.807, 2.05) is 24.3 Å². The van der Waals surface area contributed by atoms with Crippen LogP contribution in [0.15, 0.2) is 36.4 Å². The minimum atomic E-state index is 0.646. The maximum atomic E-state index is 4.77. The van der Waals surface area contributed by atoms with Gasteiger partial charge in [-0.25, -0.2) is 9.97 Å². The van der Waals surface area contributed by atoms with E-state index in [1.165, 1.54) is 19.3 Å². The number of aromatic nitrogens is 2. The van der Waals surface area contributed by atoms with Crippen molar-refractivity contribution in [1.29, 1.82) is 0 Å². The zero-order valence-corrected chi connectivity index (χ0v) is 10.8. The molecule has 0 aliphatic heterocycles. The molecule has 1 aliphatic rings. The zero-order chi connectivity index (χ0) is 12.4. The number of nitrogens with zero attached hydrogens (tertiary/aromatic N) is 2. The smallest absolute Gasteiger partial charge is 0.0890 e. The second-order valence-electron chi connectivity index (χ2n) is 5.07. The lowest BCUT2D eigenvalue weighted by molar-refractivity contribution is 0.532. The Morgan fingerprint density at radius 2 is 1.94 bits per heavy atom. The molecule has 1 heterocycles. The van der Waals surface area contributed by atoms with Gasteiger partial charge in [-0.1, -0.05) is 24.3 Å². The van der Waals surface area contributed by atoms with Crippen LogP contribution in [0.1, 0.15) is 30.7 Å². The Labute approximate surface area is 108 Å². The van der Waals surface area contributed by atoms with E-state index in [-0.39, 0.29) is 0 Å². The highest BCUT2D eigenvalue weighted by atomic mass is 14.8. The van der Waals surface area contributed by atoms with Gasteiger partial charge in [-0.15, -0.1) is 0 Å². The van der Waals surface area contributed by atoms with Gasteiger partial charge in [-0.05, 0) is 50.7 Å². The van der Waals surface area contributed by atoms with Crippen molar-refractivity contribution < 1.29 is 0 Å². The van der Waals surface area contributed by atoms with Gasteiger partial charge >= 0.3 is 0 Å². The molecule has 0 amide bonds. The molecule has 1 aliphatic carbocycles. The Bertz CT molecular complexity index is 587. The van der Waals surface area contributed by atoms with Crippen molar-refractivity contribution in [3.05, 3.63) is 47.8 Å². The number of para-hydroxylation sites is 2. The van der Waals surface area contributed by atoms with Crippen LogP contribution in [0.5, 0.6) is 0 Å². The van der Waals surface area contributed by atoms with Gasteiger partial charge in [-0.3, -0.25) is 0 Å². The molecule has 1 atom stereocenters. The van der Waals surface area contributed by atoms with Crippen LogP contribution in [0.4, 0.5) is 0 Å². The fraction of sp³-hybridized carbons (Fsp3) is 0.375. The fourth-order valence-corrected chi connectivity index (χ4v) is 2.62. The van der Waals surface area contributed by atoms with Gasteiger partial charge < -0.3 is 0 Å². The van der Waals surface area contributed by atoms with Gasteiger partial charge in [0.1, 0.15) is 0 Å². The summed E-state index contributed by atoms with van der Waals surface area (Å²) in [6, 6.07) is 8.11. The Hall–Kier alpha value is -1.70. The average molecular weight is 238 g/mol. The van der Waals surface area contributed by atoms with Gasteiger partial charge in [0.2, 0.25) is 0 Å². The van der Waals surface area contributed by atoms with Gasteiger partial charge in [0.15, 0.2) is 0 Å².